The summed E-state index contributed by atoms with van der Waals surface area (Å²) in [5.74, 6) is 0.843. The summed E-state index contributed by atoms with van der Waals surface area (Å²) in [6, 6.07) is 22.1. The van der Waals surface area contributed by atoms with Crippen LogP contribution in [-0.2, 0) is 17.8 Å². The van der Waals surface area contributed by atoms with Gasteiger partial charge in [-0.05, 0) is 47.4 Å². The number of benzene rings is 3. The molecule has 1 unspecified atom stereocenters. The van der Waals surface area contributed by atoms with E-state index in [2.05, 4.69) is 5.32 Å². The maximum Gasteiger partial charge on any atom is 0.253 e. The number of aliphatic hydroxyl groups excluding tert-OH is 1. The van der Waals surface area contributed by atoms with Crippen LogP contribution in [0.3, 0.4) is 0 Å². The molecule has 1 atom stereocenters. The summed E-state index contributed by atoms with van der Waals surface area (Å²) in [4.78, 5) is 12.2. The van der Waals surface area contributed by atoms with Crippen molar-refractivity contribution in [2.75, 3.05) is 13.7 Å². The van der Waals surface area contributed by atoms with Crippen molar-refractivity contribution in [1.29, 1.82) is 0 Å². The first-order valence-electron chi connectivity index (χ1n) is 9.61. The van der Waals surface area contributed by atoms with Crippen LogP contribution < -0.4 is 14.8 Å². The van der Waals surface area contributed by atoms with E-state index in [1.54, 1.807) is 31.4 Å². The largest absolute Gasteiger partial charge is 0.493 e. The highest BCUT2D eigenvalue weighted by atomic mass is 35.5. The zero-order chi connectivity index (χ0) is 21.3. The second-order valence-electron chi connectivity index (χ2n) is 6.75. The van der Waals surface area contributed by atoms with E-state index in [4.69, 9.17) is 21.1 Å². The summed E-state index contributed by atoms with van der Waals surface area (Å²) in [7, 11) is 1.60. The number of amides is 1. The molecule has 0 saturated heterocycles. The van der Waals surface area contributed by atoms with Crippen LogP contribution in [0.5, 0.6) is 11.5 Å². The lowest BCUT2D eigenvalue weighted by Gasteiger charge is -2.14. The zero-order valence-corrected chi connectivity index (χ0v) is 17.4. The van der Waals surface area contributed by atoms with Crippen molar-refractivity contribution in [3.05, 3.63) is 94.5 Å². The molecular weight excluding hydrogens is 402 g/mol. The van der Waals surface area contributed by atoms with E-state index in [1.165, 1.54) is 0 Å². The van der Waals surface area contributed by atoms with E-state index in [0.29, 0.717) is 41.7 Å². The van der Waals surface area contributed by atoms with Crippen molar-refractivity contribution in [2.45, 2.75) is 19.1 Å². The molecule has 0 fully saturated rings. The number of hydrogen-bond donors (Lipinski definition) is 2. The lowest BCUT2D eigenvalue weighted by atomic mass is 10.1. The lowest BCUT2D eigenvalue weighted by molar-refractivity contribution is -0.129. The fraction of sp³-hybridized carbons (Fsp3) is 0.208. The molecule has 0 heterocycles. The minimum atomic E-state index is -1.23. The molecule has 0 aliphatic carbocycles. The van der Waals surface area contributed by atoms with Gasteiger partial charge in [0.15, 0.2) is 17.6 Å². The Kier molecular flexibility index (Phi) is 7.71. The third-order valence-corrected chi connectivity index (χ3v) is 4.86. The molecule has 5 nitrogen and oxygen atoms in total. The number of hydrogen-bond acceptors (Lipinski definition) is 4. The number of carbonyl (C=O) groups excluding carboxylic acids is 1. The van der Waals surface area contributed by atoms with Crippen LogP contribution in [0.15, 0.2) is 72.8 Å². The van der Waals surface area contributed by atoms with Crippen LogP contribution in [0.1, 0.15) is 22.8 Å². The molecule has 0 aliphatic heterocycles. The minimum absolute atomic E-state index is 0.386. The second-order valence-corrected chi connectivity index (χ2v) is 7.19. The van der Waals surface area contributed by atoms with E-state index in [9.17, 15) is 9.90 Å². The number of rotatable bonds is 9. The van der Waals surface area contributed by atoms with Gasteiger partial charge in [-0.3, -0.25) is 4.79 Å². The molecule has 3 rings (SSSR count). The fourth-order valence-corrected chi connectivity index (χ4v) is 3.07. The molecule has 156 valence electrons. The summed E-state index contributed by atoms with van der Waals surface area (Å²) in [6.07, 6.45) is -0.639. The van der Waals surface area contributed by atoms with Gasteiger partial charge in [0.25, 0.3) is 5.91 Å². The Bertz CT molecular complexity index is 961. The number of aliphatic hydroxyl groups is 1. The van der Waals surface area contributed by atoms with Gasteiger partial charge in [-0.1, -0.05) is 60.1 Å². The molecule has 30 heavy (non-hydrogen) atoms. The minimum Gasteiger partial charge on any atom is -0.493 e. The quantitative estimate of drug-likeness (QED) is 0.535. The highest BCUT2D eigenvalue weighted by molar-refractivity contribution is 6.30. The Balaban J connectivity index is 1.52. The van der Waals surface area contributed by atoms with E-state index < -0.39 is 12.0 Å². The maximum atomic E-state index is 12.2. The molecule has 6 heteroatoms. The average Bonchev–Trinajstić information content (AvgIpc) is 2.78. The maximum absolute atomic E-state index is 12.2. The van der Waals surface area contributed by atoms with Crippen molar-refractivity contribution in [2.24, 2.45) is 0 Å². The number of halogens is 1. The third kappa shape index (κ3) is 5.99. The van der Waals surface area contributed by atoms with Crippen LogP contribution in [-0.4, -0.2) is 24.7 Å². The predicted molar refractivity (Wildman–Crippen MR) is 117 cm³/mol. The molecule has 3 aromatic rings. The van der Waals surface area contributed by atoms with Crippen LogP contribution in [0.2, 0.25) is 5.02 Å². The van der Waals surface area contributed by atoms with Crippen molar-refractivity contribution in [3.8, 4) is 11.5 Å². The fourth-order valence-electron chi connectivity index (χ4n) is 2.95. The summed E-state index contributed by atoms with van der Waals surface area (Å²) in [5.41, 5.74) is 2.56. The SMILES string of the molecule is COc1cc(CCNC(=O)C(O)c2ccc(Cl)cc2)ccc1OCc1ccccc1. The van der Waals surface area contributed by atoms with Gasteiger partial charge in [-0.2, -0.15) is 0 Å². The molecule has 0 spiro atoms. The molecule has 0 aliphatic rings. The summed E-state index contributed by atoms with van der Waals surface area (Å²) >= 11 is 5.83. The van der Waals surface area contributed by atoms with Crippen LogP contribution >= 0.6 is 11.6 Å². The standard InChI is InChI=1S/C24H24ClNO4/c1-29-22-15-17(7-12-21(22)30-16-18-5-3-2-4-6-18)13-14-26-24(28)23(27)19-8-10-20(25)11-9-19/h2-12,15,23,27H,13-14,16H2,1H3,(H,26,28). The normalized spacial score (nSPS) is 11.6. The Morgan fingerprint density at radius 3 is 2.43 bits per heavy atom. The molecule has 2 N–H and O–H groups in total. The summed E-state index contributed by atoms with van der Waals surface area (Å²) in [5, 5.41) is 13.5. The third-order valence-electron chi connectivity index (χ3n) is 4.61. The molecule has 1 amide bonds. The van der Waals surface area contributed by atoms with E-state index in [-0.39, 0.29) is 0 Å². The summed E-state index contributed by atoms with van der Waals surface area (Å²) in [6.45, 7) is 0.839. The lowest BCUT2D eigenvalue weighted by Crippen LogP contribution is -2.30. The van der Waals surface area contributed by atoms with Crippen molar-refractivity contribution in [1.82, 2.24) is 5.32 Å². The monoisotopic (exact) mass is 425 g/mol. The number of ether oxygens (including phenoxy) is 2. The number of nitrogens with one attached hydrogen (secondary N) is 1. The highest BCUT2D eigenvalue weighted by Gasteiger charge is 2.16. The van der Waals surface area contributed by atoms with Crippen molar-refractivity contribution >= 4 is 17.5 Å². The Morgan fingerprint density at radius 2 is 1.73 bits per heavy atom. The number of methoxy groups -OCH3 is 1. The summed E-state index contributed by atoms with van der Waals surface area (Å²) < 4.78 is 11.3. The molecule has 0 aromatic heterocycles. The van der Waals surface area contributed by atoms with Crippen molar-refractivity contribution < 1.29 is 19.4 Å². The Morgan fingerprint density at radius 1 is 1.00 bits per heavy atom. The van der Waals surface area contributed by atoms with Gasteiger partial charge in [-0.15, -0.1) is 0 Å². The predicted octanol–water partition coefficient (Wildman–Crippen LogP) is 4.32. The van der Waals surface area contributed by atoms with E-state index >= 15 is 0 Å². The first kappa shape index (κ1) is 21.7. The van der Waals surface area contributed by atoms with Gasteiger partial charge in [-0.25, -0.2) is 0 Å². The zero-order valence-electron chi connectivity index (χ0n) is 16.7. The van der Waals surface area contributed by atoms with Crippen LogP contribution in [0.25, 0.3) is 0 Å². The van der Waals surface area contributed by atoms with Crippen LogP contribution in [0.4, 0.5) is 0 Å². The van der Waals surface area contributed by atoms with E-state index in [1.807, 2.05) is 48.5 Å². The molecule has 0 radical (unpaired) electrons. The van der Waals surface area contributed by atoms with Gasteiger partial charge in [0.2, 0.25) is 0 Å². The first-order chi connectivity index (χ1) is 14.6. The van der Waals surface area contributed by atoms with Gasteiger partial charge in [0.05, 0.1) is 7.11 Å². The van der Waals surface area contributed by atoms with Crippen molar-refractivity contribution in [3.63, 3.8) is 0 Å². The Hall–Kier alpha value is -3.02. The van der Waals surface area contributed by atoms with Gasteiger partial charge >= 0.3 is 0 Å². The van der Waals surface area contributed by atoms with Gasteiger partial charge in [0, 0.05) is 11.6 Å². The van der Waals surface area contributed by atoms with E-state index in [0.717, 1.165) is 11.1 Å². The molecule has 0 saturated carbocycles. The molecule has 0 bridgehead atoms. The van der Waals surface area contributed by atoms with Gasteiger partial charge < -0.3 is 19.9 Å². The van der Waals surface area contributed by atoms with Gasteiger partial charge in [0.1, 0.15) is 6.61 Å². The first-order valence-corrected chi connectivity index (χ1v) is 9.99. The Labute approximate surface area is 181 Å². The smallest absolute Gasteiger partial charge is 0.253 e. The number of carbonyl (C=O) groups is 1. The average molecular weight is 426 g/mol. The highest BCUT2D eigenvalue weighted by Crippen LogP contribution is 2.29. The molecular formula is C24H24ClNO4. The van der Waals surface area contributed by atoms with Crippen LogP contribution in [0, 0.1) is 0 Å². The topological polar surface area (TPSA) is 67.8 Å². The molecule has 3 aromatic carbocycles. The second kappa shape index (κ2) is 10.7.